The van der Waals surface area contributed by atoms with E-state index in [4.69, 9.17) is 0 Å². The van der Waals surface area contributed by atoms with Crippen LogP contribution in [0.2, 0.25) is 0 Å². The second kappa shape index (κ2) is 4.75. The largest absolute Gasteiger partial charge is 0.268 e. The minimum absolute atomic E-state index is 0.172. The Labute approximate surface area is 105 Å². The quantitative estimate of drug-likeness (QED) is 0.800. The summed E-state index contributed by atoms with van der Waals surface area (Å²) in [6, 6.07) is 7.98. The molecule has 1 aromatic carbocycles. The normalized spacial score (nSPS) is 10.5. The Bertz CT molecular complexity index is 605. The first-order valence-corrected chi connectivity index (χ1v) is 6.02. The van der Waals surface area contributed by atoms with Crippen molar-refractivity contribution in [2.75, 3.05) is 0 Å². The van der Waals surface area contributed by atoms with Gasteiger partial charge in [-0.05, 0) is 31.5 Å². The predicted molar refractivity (Wildman–Crippen MR) is 72.5 cm³/mol. The lowest BCUT2D eigenvalue weighted by molar-refractivity contribution is 0.971. The fourth-order valence-corrected chi connectivity index (χ4v) is 1.95. The predicted octanol–water partition coefficient (Wildman–Crippen LogP) is 2.48. The summed E-state index contributed by atoms with van der Waals surface area (Å²) in [6.45, 7) is 4.07. The smallest absolute Gasteiger partial charge is 0.268 e. The molecular formula is C13H14N2OS. The van der Waals surface area contributed by atoms with Crippen LogP contribution in [0.1, 0.15) is 16.7 Å². The Kier molecular flexibility index (Phi) is 3.33. The molecule has 4 heteroatoms. The van der Waals surface area contributed by atoms with Crippen molar-refractivity contribution in [3.8, 4) is 11.3 Å². The monoisotopic (exact) mass is 246 g/mol. The van der Waals surface area contributed by atoms with Crippen LogP contribution in [-0.2, 0) is 5.75 Å². The van der Waals surface area contributed by atoms with E-state index in [0.29, 0.717) is 11.3 Å². The summed E-state index contributed by atoms with van der Waals surface area (Å²) < 4.78 is 0. The van der Waals surface area contributed by atoms with Gasteiger partial charge in [0.2, 0.25) is 0 Å². The van der Waals surface area contributed by atoms with E-state index >= 15 is 0 Å². The van der Waals surface area contributed by atoms with Crippen molar-refractivity contribution < 1.29 is 0 Å². The van der Waals surface area contributed by atoms with E-state index in [0.717, 1.165) is 16.8 Å². The first-order chi connectivity index (χ1) is 8.11. The Morgan fingerprint density at radius 2 is 2.06 bits per heavy atom. The zero-order valence-electron chi connectivity index (χ0n) is 9.82. The van der Waals surface area contributed by atoms with Crippen LogP contribution in [0.25, 0.3) is 11.3 Å². The molecule has 0 atom stereocenters. The van der Waals surface area contributed by atoms with Crippen LogP contribution < -0.4 is 5.56 Å². The minimum atomic E-state index is -0.172. The summed E-state index contributed by atoms with van der Waals surface area (Å²) in [6.07, 6.45) is 0. The van der Waals surface area contributed by atoms with Gasteiger partial charge in [-0.2, -0.15) is 17.7 Å². The fourth-order valence-electron chi connectivity index (χ4n) is 1.71. The van der Waals surface area contributed by atoms with E-state index in [1.54, 1.807) is 6.07 Å². The van der Waals surface area contributed by atoms with E-state index in [1.165, 1.54) is 5.56 Å². The number of nitrogens with one attached hydrogen (secondary N) is 1. The average molecular weight is 246 g/mol. The third-order valence-electron chi connectivity index (χ3n) is 2.72. The van der Waals surface area contributed by atoms with E-state index in [2.05, 4.69) is 41.0 Å². The molecule has 1 aromatic heterocycles. The SMILES string of the molecule is Cc1ccc(C)c(-c2cc(CS)c(=O)[nH]n2)c1. The Balaban J connectivity index is 2.60. The maximum absolute atomic E-state index is 11.4. The molecule has 1 N–H and O–H groups in total. The van der Waals surface area contributed by atoms with Crippen molar-refractivity contribution in [2.24, 2.45) is 0 Å². The van der Waals surface area contributed by atoms with Gasteiger partial charge < -0.3 is 0 Å². The molecule has 3 nitrogen and oxygen atoms in total. The minimum Gasteiger partial charge on any atom is -0.268 e. The molecule has 0 aliphatic heterocycles. The molecule has 0 fully saturated rings. The number of benzene rings is 1. The lowest BCUT2D eigenvalue weighted by atomic mass is 10.0. The van der Waals surface area contributed by atoms with Gasteiger partial charge in [-0.15, -0.1) is 0 Å². The number of hydrogen-bond donors (Lipinski definition) is 2. The highest BCUT2D eigenvalue weighted by atomic mass is 32.1. The molecule has 0 amide bonds. The summed E-state index contributed by atoms with van der Waals surface area (Å²) in [4.78, 5) is 11.4. The third-order valence-corrected chi connectivity index (χ3v) is 3.06. The highest BCUT2D eigenvalue weighted by Gasteiger charge is 2.07. The van der Waals surface area contributed by atoms with Crippen molar-refractivity contribution in [3.63, 3.8) is 0 Å². The van der Waals surface area contributed by atoms with E-state index in [-0.39, 0.29) is 5.56 Å². The second-order valence-electron chi connectivity index (χ2n) is 4.08. The van der Waals surface area contributed by atoms with Crippen molar-refractivity contribution >= 4 is 12.6 Å². The molecule has 0 saturated heterocycles. The van der Waals surface area contributed by atoms with Crippen LogP contribution in [0.3, 0.4) is 0 Å². The molecule has 88 valence electrons. The van der Waals surface area contributed by atoms with Crippen molar-refractivity contribution in [1.82, 2.24) is 10.2 Å². The standard InChI is InChI=1S/C13H14N2OS/c1-8-3-4-9(2)11(5-8)12-6-10(7-17)13(16)15-14-12/h3-6,17H,7H2,1-2H3,(H,15,16). The Morgan fingerprint density at radius 3 is 2.76 bits per heavy atom. The number of rotatable bonds is 2. The summed E-state index contributed by atoms with van der Waals surface area (Å²) in [5, 5.41) is 6.60. The topological polar surface area (TPSA) is 45.8 Å². The molecule has 17 heavy (non-hydrogen) atoms. The highest BCUT2D eigenvalue weighted by molar-refractivity contribution is 7.79. The molecule has 0 saturated carbocycles. The first-order valence-electron chi connectivity index (χ1n) is 5.39. The number of nitrogens with zero attached hydrogens (tertiary/aromatic N) is 1. The van der Waals surface area contributed by atoms with Crippen LogP contribution in [0.4, 0.5) is 0 Å². The summed E-state index contributed by atoms with van der Waals surface area (Å²) in [7, 11) is 0. The number of aromatic amines is 1. The van der Waals surface area contributed by atoms with Crippen LogP contribution >= 0.6 is 12.6 Å². The van der Waals surface area contributed by atoms with Crippen molar-refractivity contribution in [2.45, 2.75) is 19.6 Å². The third kappa shape index (κ3) is 2.42. The number of hydrogen-bond acceptors (Lipinski definition) is 3. The van der Waals surface area contributed by atoms with Gasteiger partial charge in [-0.25, -0.2) is 5.10 Å². The van der Waals surface area contributed by atoms with Gasteiger partial charge in [-0.1, -0.05) is 17.7 Å². The number of aryl methyl sites for hydroxylation is 2. The second-order valence-corrected chi connectivity index (χ2v) is 4.40. The van der Waals surface area contributed by atoms with Gasteiger partial charge >= 0.3 is 0 Å². The van der Waals surface area contributed by atoms with Gasteiger partial charge in [0.1, 0.15) is 0 Å². The van der Waals surface area contributed by atoms with E-state index < -0.39 is 0 Å². The molecule has 0 aliphatic carbocycles. The molecule has 0 radical (unpaired) electrons. The summed E-state index contributed by atoms with van der Waals surface area (Å²) >= 11 is 4.14. The highest BCUT2D eigenvalue weighted by Crippen LogP contribution is 2.22. The van der Waals surface area contributed by atoms with E-state index in [9.17, 15) is 4.79 Å². The Hall–Kier alpha value is -1.55. The molecule has 0 spiro atoms. The molecule has 1 heterocycles. The fraction of sp³-hybridized carbons (Fsp3) is 0.231. The van der Waals surface area contributed by atoms with Gasteiger partial charge in [0.05, 0.1) is 5.69 Å². The zero-order chi connectivity index (χ0) is 12.4. The molecule has 0 unspecified atom stereocenters. The zero-order valence-corrected chi connectivity index (χ0v) is 10.7. The number of thiol groups is 1. The number of H-pyrrole nitrogens is 1. The summed E-state index contributed by atoms with van der Waals surface area (Å²) in [5.41, 5.74) is 4.61. The molecule has 0 bridgehead atoms. The molecule has 0 aliphatic rings. The molecular weight excluding hydrogens is 232 g/mol. The van der Waals surface area contributed by atoms with Crippen LogP contribution in [0.15, 0.2) is 29.1 Å². The number of aromatic nitrogens is 2. The maximum Gasteiger partial charge on any atom is 0.268 e. The van der Waals surface area contributed by atoms with Crippen LogP contribution in [0.5, 0.6) is 0 Å². The molecule has 2 rings (SSSR count). The summed E-state index contributed by atoms with van der Waals surface area (Å²) in [5.74, 6) is 0.412. The van der Waals surface area contributed by atoms with E-state index in [1.807, 2.05) is 13.8 Å². The van der Waals surface area contributed by atoms with Crippen molar-refractivity contribution in [3.05, 3.63) is 51.3 Å². The van der Waals surface area contributed by atoms with Crippen LogP contribution in [0, 0.1) is 13.8 Å². The van der Waals surface area contributed by atoms with Gasteiger partial charge in [0, 0.05) is 16.9 Å². The first kappa shape index (κ1) is 11.9. The maximum atomic E-state index is 11.4. The van der Waals surface area contributed by atoms with Crippen LogP contribution in [-0.4, -0.2) is 10.2 Å². The Morgan fingerprint density at radius 1 is 1.29 bits per heavy atom. The van der Waals surface area contributed by atoms with Crippen molar-refractivity contribution in [1.29, 1.82) is 0 Å². The van der Waals surface area contributed by atoms with Gasteiger partial charge in [0.15, 0.2) is 0 Å². The molecule has 2 aromatic rings. The lowest BCUT2D eigenvalue weighted by Crippen LogP contribution is -2.13. The average Bonchev–Trinajstić information content (AvgIpc) is 2.33. The van der Waals surface area contributed by atoms with Gasteiger partial charge in [0.25, 0.3) is 5.56 Å². The lowest BCUT2D eigenvalue weighted by Gasteiger charge is -2.07. The van der Waals surface area contributed by atoms with Gasteiger partial charge in [-0.3, -0.25) is 4.79 Å².